The van der Waals surface area contributed by atoms with Crippen molar-refractivity contribution < 1.29 is 14.3 Å². The third-order valence-electron chi connectivity index (χ3n) is 2.00. The molecule has 0 radical (unpaired) electrons. The summed E-state index contributed by atoms with van der Waals surface area (Å²) in [6.45, 7) is 0. The number of carboxylic acid groups (broad SMARTS) is 1. The highest BCUT2D eigenvalue weighted by Crippen LogP contribution is 2.26. The molecule has 10 heavy (non-hydrogen) atoms. The van der Waals surface area contributed by atoms with Crippen molar-refractivity contribution in [3.63, 3.8) is 0 Å². The Hall–Kier alpha value is -0.600. The molecule has 2 nitrogen and oxygen atoms in total. The molecule has 0 amide bonds. The van der Waals surface area contributed by atoms with Crippen LogP contribution in [0.1, 0.15) is 25.7 Å². The maximum Gasteiger partial charge on any atom is 0.309 e. The Bertz CT molecular complexity index is 136. The fourth-order valence-electron chi connectivity index (χ4n) is 1.36. The molecule has 1 aliphatic carbocycles. The molecular formula is C7H11FO2. The van der Waals surface area contributed by atoms with Gasteiger partial charge in [-0.15, -0.1) is 0 Å². The first-order chi connectivity index (χ1) is 4.72. The lowest BCUT2D eigenvalue weighted by atomic mass is 9.88. The van der Waals surface area contributed by atoms with Gasteiger partial charge in [-0.25, -0.2) is 4.39 Å². The predicted octanol–water partition coefficient (Wildman–Crippen LogP) is 1.60. The number of hydrogen-bond acceptors (Lipinski definition) is 1. The minimum absolute atomic E-state index is 0.428. The van der Waals surface area contributed by atoms with E-state index in [2.05, 4.69) is 0 Å². The van der Waals surface area contributed by atoms with E-state index >= 15 is 0 Å². The van der Waals surface area contributed by atoms with Crippen molar-refractivity contribution in [3.05, 3.63) is 0 Å². The Morgan fingerprint density at radius 3 is 2.40 bits per heavy atom. The zero-order valence-corrected chi connectivity index (χ0v) is 5.72. The maximum atomic E-state index is 12.7. The summed E-state index contributed by atoms with van der Waals surface area (Å²) in [5, 5.41) is 8.47. The van der Waals surface area contributed by atoms with Crippen molar-refractivity contribution in [1.82, 2.24) is 0 Å². The van der Waals surface area contributed by atoms with Crippen LogP contribution in [0.5, 0.6) is 0 Å². The second kappa shape index (κ2) is 2.99. The lowest BCUT2D eigenvalue weighted by Gasteiger charge is -2.21. The molecule has 2 unspecified atom stereocenters. The molecule has 1 N–H and O–H groups in total. The third-order valence-corrected chi connectivity index (χ3v) is 2.00. The monoisotopic (exact) mass is 146 g/mol. The summed E-state index contributed by atoms with van der Waals surface area (Å²) < 4.78 is 12.7. The van der Waals surface area contributed by atoms with Gasteiger partial charge in [0.05, 0.1) is 5.92 Å². The Labute approximate surface area is 59.0 Å². The lowest BCUT2D eigenvalue weighted by molar-refractivity contribution is -0.145. The topological polar surface area (TPSA) is 37.3 Å². The molecule has 3 heteroatoms. The van der Waals surface area contributed by atoms with Gasteiger partial charge < -0.3 is 5.11 Å². The van der Waals surface area contributed by atoms with Gasteiger partial charge >= 0.3 is 5.97 Å². The number of carbonyl (C=O) groups is 1. The maximum absolute atomic E-state index is 12.7. The predicted molar refractivity (Wildman–Crippen MR) is 34.5 cm³/mol. The van der Waals surface area contributed by atoms with Gasteiger partial charge in [0.25, 0.3) is 0 Å². The number of rotatable bonds is 1. The van der Waals surface area contributed by atoms with Crippen molar-refractivity contribution in [2.75, 3.05) is 0 Å². The first kappa shape index (κ1) is 7.51. The summed E-state index contributed by atoms with van der Waals surface area (Å²) in [7, 11) is 0. The molecule has 0 aliphatic heterocycles. The standard InChI is InChI=1S/C7H11FO2/c8-6-4-2-1-3-5(6)7(9)10/h5-6H,1-4H2,(H,9,10). The highest BCUT2D eigenvalue weighted by Gasteiger charge is 2.30. The second-order valence-corrected chi connectivity index (χ2v) is 2.75. The zero-order valence-electron chi connectivity index (χ0n) is 5.72. The summed E-state index contributed by atoms with van der Waals surface area (Å²) in [6, 6.07) is 0. The van der Waals surface area contributed by atoms with Crippen molar-refractivity contribution >= 4 is 5.97 Å². The van der Waals surface area contributed by atoms with Crippen LogP contribution in [0.25, 0.3) is 0 Å². The first-order valence-electron chi connectivity index (χ1n) is 3.58. The van der Waals surface area contributed by atoms with Gasteiger partial charge in [0.2, 0.25) is 0 Å². The van der Waals surface area contributed by atoms with Crippen molar-refractivity contribution in [2.45, 2.75) is 31.9 Å². The van der Waals surface area contributed by atoms with E-state index in [-0.39, 0.29) is 0 Å². The smallest absolute Gasteiger partial charge is 0.309 e. The van der Waals surface area contributed by atoms with Crippen LogP contribution in [0, 0.1) is 5.92 Å². The molecule has 58 valence electrons. The zero-order chi connectivity index (χ0) is 7.56. The molecule has 1 rings (SSSR count). The van der Waals surface area contributed by atoms with Crippen LogP contribution in [-0.4, -0.2) is 17.2 Å². The van der Waals surface area contributed by atoms with Gasteiger partial charge in [-0.3, -0.25) is 4.79 Å². The van der Waals surface area contributed by atoms with E-state index in [1.165, 1.54) is 0 Å². The molecule has 0 aromatic carbocycles. The first-order valence-corrected chi connectivity index (χ1v) is 3.58. The molecule has 0 heterocycles. The molecule has 1 fully saturated rings. The van der Waals surface area contributed by atoms with Gasteiger partial charge in [0.15, 0.2) is 0 Å². The van der Waals surface area contributed by atoms with Crippen LogP contribution in [0.2, 0.25) is 0 Å². The molecule has 1 saturated carbocycles. The number of halogens is 1. The highest BCUT2D eigenvalue weighted by molar-refractivity contribution is 5.70. The van der Waals surface area contributed by atoms with E-state index in [0.717, 1.165) is 12.8 Å². The van der Waals surface area contributed by atoms with Crippen LogP contribution < -0.4 is 0 Å². The third kappa shape index (κ3) is 1.46. The fraction of sp³-hybridized carbons (Fsp3) is 0.857. The van der Waals surface area contributed by atoms with Crippen molar-refractivity contribution in [3.8, 4) is 0 Å². The summed E-state index contributed by atoms with van der Waals surface area (Å²) in [6.07, 6.45) is 1.53. The molecular weight excluding hydrogens is 135 g/mol. The van der Waals surface area contributed by atoms with Crippen LogP contribution in [0.15, 0.2) is 0 Å². The van der Waals surface area contributed by atoms with Gasteiger partial charge in [-0.2, -0.15) is 0 Å². The van der Waals surface area contributed by atoms with Gasteiger partial charge in [-0.05, 0) is 12.8 Å². The quantitative estimate of drug-likeness (QED) is 0.610. The van der Waals surface area contributed by atoms with Crippen LogP contribution in [-0.2, 0) is 4.79 Å². The largest absolute Gasteiger partial charge is 0.481 e. The Kier molecular flexibility index (Phi) is 2.25. The van der Waals surface area contributed by atoms with Crippen molar-refractivity contribution in [1.29, 1.82) is 0 Å². The van der Waals surface area contributed by atoms with Crippen molar-refractivity contribution in [2.24, 2.45) is 5.92 Å². The van der Waals surface area contributed by atoms with E-state index in [1.54, 1.807) is 0 Å². The average Bonchev–Trinajstić information content (AvgIpc) is 1.88. The summed E-state index contributed by atoms with van der Waals surface area (Å²) in [5.74, 6) is -1.71. The molecule has 2 atom stereocenters. The van der Waals surface area contributed by atoms with Crippen LogP contribution >= 0.6 is 0 Å². The van der Waals surface area contributed by atoms with Crippen LogP contribution in [0.3, 0.4) is 0 Å². The lowest BCUT2D eigenvalue weighted by Crippen LogP contribution is -2.27. The summed E-state index contributed by atoms with van der Waals surface area (Å²) in [4.78, 5) is 10.3. The number of alkyl halides is 1. The molecule has 0 spiro atoms. The Balaban J connectivity index is 2.47. The second-order valence-electron chi connectivity index (χ2n) is 2.75. The number of carboxylic acids is 1. The Morgan fingerprint density at radius 1 is 1.40 bits per heavy atom. The molecule has 0 aromatic rings. The van der Waals surface area contributed by atoms with E-state index in [1.807, 2.05) is 0 Å². The van der Waals surface area contributed by atoms with Gasteiger partial charge in [0, 0.05) is 0 Å². The molecule has 0 bridgehead atoms. The summed E-state index contributed by atoms with van der Waals surface area (Å²) in [5.41, 5.74) is 0. The molecule has 1 aliphatic rings. The normalized spacial score (nSPS) is 33.7. The molecule has 0 aromatic heterocycles. The van der Waals surface area contributed by atoms with E-state index in [4.69, 9.17) is 5.11 Å². The van der Waals surface area contributed by atoms with Gasteiger partial charge in [-0.1, -0.05) is 12.8 Å². The average molecular weight is 146 g/mol. The number of hydrogen-bond donors (Lipinski definition) is 1. The van der Waals surface area contributed by atoms with E-state index in [9.17, 15) is 9.18 Å². The SMILES string of the molecule is O=C(O)C1CCCCC1F. The van der Waals surface area contributed by atoms with E-state index < -0.39 is 18.1 Å². The van der Waals surface area contributed by atoms with Gasteiger partial charge in [0.1, 0.15) is 6.17 Å². The molecule has 0 saturated heterocycles. The minimum atomic E-state index is -1.11. The van der Waals surface area contributed by atoms with E-state index in [0.29, 0.717) is 12.8 Å². The number of aliphatic carboxylic acids is 1. The van der Waals surface area contributed by atoms with Crippen LogP contribution in [0.4, 0.5) is 4.39 Å². The summed E-state index contributed by atoms with van der Waals surface area (Å²) >= 11 is 0. The highest BCUT2D eigenvalue weighted by atomic mass is 19.1. The fourth-order valence-corrected chi connectivity index (χ4v) is 1.36. The minimum Gasteiger partial charge on any atom is -0.481 e. The Morgan fingerprint density at radius 2 is 2.00 bits per heavy atom.